The molecule has 140 valence electrons. The van der Waals surface area contributed by atoms with Crippen LogP contribution in [0.3, 0.4) is 0 Å². The van der Waals surface area contributed by atoms with E-state index in [1.807, 2.05) is 37.3 Å². The SMILES string of the molecule is CN(C)/N=C(\c1ccccc1)c1cc(C(C)(C)C)c(O)c(C(C)(C)C)c1. The Bertz CT molecular complexity index is 756. The molecule has 0 aliphatic rings. The molecule has 0 aliphatic heterocycles. The van der Waals surface area contributed by atoms with Crippen LogP contribution in [0.1, 0.15) is 63.8 Å². The molecule has 0 aliphatic carbocycles. The molecule has 0 saturated carbocycles. The monoisotopic (exact) mass is 352 g/mol. The molecule has 0 bridgehead atoms. The minimum Gasteiger partial charge on any atom is -0.507 e. The number of hydrogen-bond donors (Lipinski definition) is 1. The molecule has 26 heavy (non-hydrogen) atoms. The molecule has 3 heteroatoms. The number of hydrazone groups is 1. The summed E-state index contributed by atoms with van der Waals surface area (Å²) >= 11 is 0. The van der Waals surface area contributed by atoms with E-state index in [4.69, 9.17) is 5.10 Å². The van der Waals surface area contributed by atoms with Gasteiger partial charge in [-0.15, -0.1) is 0 Å². The maximum atomic E-state index is 11.0. The van der Waals surface area contributed by atoms with Gasteiger partial charge in [0.2, 0.25) is 0 Å². The Labute approximate surface area is 158 Å². The molecule has 0 heterocycles. The van der Waals surface area contributed by atoms with Gasteiger partial charge in [0.1, 0.15) is 5.75 Å². The maximum absolute atomic E-state index is 11.0. The minimum atomic E-state index is -0.167. The summed E-state index contributed by atoms with van der Waals surface area (Å²) in [5.74, 6) is 0.394. The first-order valence-corrected chi connectivity index (χ1v) is 9.11. The van der Waals surface area contributed by atoms with Crippen molar-refractivity contribution in [3.05, 3.63) is 64.7 Å². The number of phenols is 1. The van der Waals surface area contributed by atoms with E-state index in [1.54, 1.807) is 0 Å². The Morgan fingerprint density at radius 2 is 1.27 bits per heavy atom. The maximum Gasteiger partial charge on any atom is 0.123 e. The fraction of sp³-hybridized carbons (Fsp3) is 0.435. The quantitative estimate of drug-likeness (QED) is 0.601. The number of phenolic OH excluding ortho intramolecular Hbond substituents is 1. The first-order chi connectivity index (χ1) is 11.9. The van der Waals surface area contributed by atoms with Gasteiger partial charge in [0, 0.05) is 36.3 Å². The van der Waals surface area contributed by atoms with Crippen molar-refractivity contribution in [2.75, 3.05) is 14.1 Å². The molecule has 0 amide bonds. The van der Waals surface area contributed by atoms with Crippen LogP contribution in [0.25, 0.3) is 0 Å². The molecule has 2 rings (SSSR count). The zero-order chi connectivity index (χ0) is 19.7. The minimum absolute atomic E-state index is 0.167. The van der Waals surface area contributed by atoms with Crippen molar-refractivity contribution in [1.82, 2.24) is 5.01 Å². The summed E-state index contributed by atoms with van der Waals surface area (Å²) in [5.41, 5.74) is 4.56. The second-order valence-electron chi connectivity index (χ2n) is 9.08. The highest BCUT2D eigenvalue weighted by Crippen LogP contribution is 2.40. The van der Waals surface area contributed by atoms with E-state index in [-0.39, 0.29) is 10.8 Å². The molecular weight excluding hydrogens is 320 g/mol. The Morgan fingerprint density at radius 3 is 1.65 bits per heavy atom. The molecule has 2 aromatic rings. The lowest BCUT2D eigenvalue weighted by Gasteiger charge is -2.28. The van der Waals surface area contributed by atoms with Gasteiger partial charge >= 0.3 is 0 Å². The summed E-state index contributed by atoms with van der Waals surface area (Å²) in [7, 11) is 3.86. The van der Waals surface area contributed by atoms with Crippen molar-refractivity contribution in [2.24, 2.45) is 5.10 Å². The molecule has 0 fully saturated rings. The molecule has 0 unspecified atom stereocenters. The van der Waals surface area contributed by atoms with E-state index in [1.165, 1.54) is 0 Å². The number of nitrogens with zero attached hydrogens (tertiary/aromatic N) is 2. The first-order valence-electron chi connectivity index (χ1n) is 9.11. The van der Waals surface area contributed by atoms with Crippen LogP contribution in [0.2, 0.25) is 0 Å². The number of rotatable bonds is 3. The van der Waals surface area contributed by atoms with Crippen LogP contribution in [-0.4, -0.2) is 29.9 Å². The van der Waals surface area contributed by atoms with Crippen LogP contribution in [0.15, 0.2) is 47.6 Å². The van der Waals surface area contributed by atoms with Gasteiger partial charge in [0.25, 0.3) is 0 Å². The van der Waals surface area contributed by atoms with E-state index in [0.29, 0.717) is 5.75 Å². The zero-order valence-corrected chi connectivity index (χ0v) is 17.4. The second-order valence-corrected chi connectivity index (χ2v) is 9.08. The van der Waals surface area contributed by atoms with Gasteiger partial charge in [-0.25, -0.2) is 0 Å². The molecule has 0 aromatic heterocycles. The van der Waals surface area contributed by atoms with Gasteiger partial charge in [-0.05, 0) is 23.0 Å². The summed E-state index contributed by atoms with van der Waals surface area (Å²) in [6.45, 7) is 12.8. The Morgan fingerprint density at radius 1 is 0.808 bits per heavy atom. The van der Waals surface area contributed by atoms with Crippen LogP contribution in [0.5, 0.6) is 5.75 Å². The fourth-order valence-electron chi connectivity index (χ4n) is 2.99. The second kappa shape index (κ2) is 7.14. The largest absolute Gasteiger partial charge is 0.507 e. The van der Waals surface area contributed by atoms with Crippen molar-refractivity contribution >= 4 is 5.71 Å². The average molecular weight is 353 g/mol. The topological polar surface area (TPSA) is 35.8 Å². The van der Waals surface area contributed by atoms with Gasteiger partial charge in [-0.3, -0.25) is 0 Å². The van der Waals surface area contributed by atoms with E-state index < -0.39 is 0 Å². The van der Waals surface area contributed by atoms with Crippen LogP contribution < -0.4 is 0 Å². The lowest BCUT2D eigenvalue weighted by Crippen LogP contribution is -2.20. The molecule has 1 N–H and O–H groups in total. The predicted octanol–water partition coefficient (Wildman–Crippen LogP) is 5.30. The summed E-state index contributed by atoms with van der Waals surface area (Å²) in [6.07, 6.45) is 0. The number of aromatic hydroxyl groups is 1. The van der Waals surface area contributed by atoms with Crippen molar-refractivity contribution in [1.29, 1.82) is 0 Å². The summed E-state index contributed by atoms with van der Waals surface area (Å²) in [5, 5.41) is 17.6. The third-order valence-corrected chi connectivity index (χ3v) is 4.35. The predicted molar refractivity (Wildman–Crippen MR) is 111 cm³/mol. The normalized spacial score (nSPS) is 13.0. The van der Waals surface area contributed by atoms with E-state index in [2.05, 4.69) is 65.8 Å². The highest BCUT2D eigenvalue weighted by atomic mass is 16.3. The molecule has 0 radical (unpaired) electrons. The molecule has 0 saturated heterocycles. The van der Waals surface area contributed by atoms with Crippen LogP contribution in [0.4, 0.5) is 0 Å². The highest BCUT2D eigenvalue weighted by Gasteiger charge is 2.27. The van der Waals surface area contributed by atoms with Gasteiger partial charge in [-0.2, -0.15) is 5.10 Å². The van der Waals surface area contributed by atoms with Crippen molar-refractivity contribution in [2.45, 2.75) is 52.4 Å². The lowest BCUT2D eigenvalue weighted by atomic mass is 9.77. The van der Waals surface area contributed by atoms with Gasteiger partial charge < -0.3 is 10.1 Å². The molecule has 2 aromatic carbocycles. The summed E-state index contributed by atoms with van der Waals surface area (Å²) in [6, 6.07) is 14.4. The van der Waals surface area contributed by atoms with Crippen molar-refractivity contribution in [3.63, 3.8) is 0 Å². The van der Waals surface area contributed by atoms with Gasteiger partial charge in [0.15, 0.2) is 0 Å². The first kappa shape index (κ1) is 20.0. The molecule has 0 spiro atoms. The van der Waals surface area contributed by atoms with Crippen molar-refractivity contribution < 1.29 is 5.11 Å². The molecular formula is C23H32N2O. The Balaban J connectivity index is 2.82. The lowest BCUT2D eigenvalue weighted by molar-refractivity contribution is 0.423. The third-order valence-electron chi connectivity index (χ3n) is 4.35. The zero-order valence-electron chi connectivity index (χ0n) is 17.4. The third kappa shape index (κ3) is 4.46. The highest BCUT2D eigenvalue weighted by molar-refractivity contribution is 6.13. The van der Waals surface area contributed by atoms with Crippen LogP contribution >= 0.6 is 0 Å². The summed E-state index contributed by atoms with van der Waals surface area (Å²) in [4.78, 5) is 0. The molecule has 3 nitrogen and oxygen atoms in total. The van der Waals surface area contributed by atoms with Crippen LogP contribution in [0, 0.1) is 0 Å². The van der Waals surface area contributed by atoms with Gasteiger partial charge in [-0.1, -0.05) is 71.9 Å². The number of hydrogen-bond acceptors (Lipinski definition) is 3. The van der Waals surface area contributed by atoms with Gasteiger partial charge in [0.05, 0.1) is 5.71 Å². The van der Waals surface area contributed by atoms with E-state index in [9.17, 15) is 5.11 Å². The Hall–Kier alpha value is -2.29. The Kier molecular flexibility index (Phi) is 5.50. The van der Waals surface area contributed by atoms with E-state index in [0.717, 1.165) is 28.0 Å². The smallest absolute Gasteiger partial charge is 0.123 e. The fourth-order valence-corrected chi connectivity index (χ4v) is 2.99. The average Bonchev–Trinajstić information content (AvgIpc) is 2.51. The summed E-state index contributed by atoms with van der Waals surface area (Å²) < 4.78 is 0. The van der Waals surface area contributed by atoms with Crippen molar-refractivity contribution in [3.8, 4) is 5.75 Å². The number of benzene rings is 2. The van der Waals surface area contributed by atoms with E-state index >= 15 is 0 Å². The molecule has 0 atom stereocenters. The van der Waals surface area contributed by atoms with Crippen LogP contribution in [-0.2, 0) is 10.8 Å². The standard InChI is InChI=1S/C23H32N2O/c1-22(2,3)18-14-17(15-19(21(18)26)23(4,5)6)20(24-25(7)8)16-12-10-9-11-13-16/h9-15,26H,1-8H3/b24-20+.